The summed E-state index contributed by atoms with van der Waals surface area (Å²) in [6, 6.07) is 7.76. The molecule has 0 radical (unpaired) electrons. The molecule has 1 aromatic carbocycles. The van der Waals surface area contributed by atoms with Crippen LogP contribution in [0.25, 0.3) is 0 Å². The Morgan fingerprint density at radius 2 is 1.94 bits per heavy atom. The van der Waals surface area contributed by atoms with Gasteiger partial charge in [0.15, 0.2) is 11.5 Å². The quantitative estimate of drug-likeness (QED) is 0.719. The fourth-order valence-corrected chi connectivity index (χ4v) is 2.16. The highest BCUT2D eigenvalue weighted by Gasteiger charge is 2.39. The summed E-state index contributed by atoms with van der Waals surface area (Å²) < 4.78 is 10.9. The molecule has 0 bridgehead atoms. The van der Waals surface area contributed by atoms with Crippen molar-refractivity contribution in [3.05, 3.63) is 24.3 Å². The third-order valence-corrected chi connectivity index (χ3v) is 3.81. The fraction of sp³-hybridized carbons (Fsp3) is 0.600. The third-order valence-electron chi connectivity index (χ3n) is 3.81. The van der Waals surface area contributed by atoms with E-state index in [9.17, 15) is 0 Å². The molecule has 0 amide bonds. The van der Waals surface area contributed by atoms with Crippen LogP contribution in [0.4, 0.5) is 0 Å². The molecule has 0 aromatic heterocycles. The first-order valence-corrected chi connectivity index (χ1v) is 6.76. The van der Waals surface area contributed by atoms with Gasteiger partial charge in [-0.25, -0.2) is 0 Å². The van der Waals surface area contributed by atoms with Crippen LogP contribution in [0, 0.1) is 5.41 Å². The first-order chi connectivity index (χ1) is 8.79. The molecule has 1 aromatic rings. The first kappa shape index (κ1) is 13.2. The summed E-state index contributed by atoms with van der Waals surface area (Å²) in [5.74, 6) is 1.61. The van der Waals surface area contributed by atoms with E-state index < -0.39 is 0 Å². The predicted molar refractivity (Wildman–Crippen MR) is 73.3 cm³/mol. The van der Waals surface area contributed by atoms with Crippen LogP contribution in [-0.2, 0) is 0 Å². The van der Waals surface area contributed by atoms with Gasteiger partial charge in [-0.3, -0.25) is 0 Å². The molecule has 0 saturated heterocycles. The van der Waals surface area contributed by atoms with Crippen molar-refractivity contribution in [2.75, 3.05) is 26.8 Å². The summed E-state index contributed by atoms with van der Waals surface area (Å²) in [6.07, 6.45) is 4.04. The van der Waals surface area contributed by atoms with E-state index in [1.807, 2.05) is 24.3 Å². The zero-order valence-electron chi connectivity index (χ0n) is 11.4. The smallest absolute Gasteiger partial charge is 0.161 e. The van der Waals surface area contributed by atoms with Crippen LogP contribution in [0.2, 0.25) is 0 Å². The Bertz CT molecular complexity index is 375. The second-order valence-electron chi connectivity index (χ2n) is 5.03. The molecule has 1 aliphatic rings. The van der Waals surface area contributed by atoms with Gasteiger partial charge >= 0.3 is 0 Å². The molecular formula is C15H23NO2. The topological polar surface area (TPSA) is 30.5 Å². The van der Waals surface area contributed by atoms with Gasteiger partial charge in [-0.05, 0) is 36.8 Å². The van der Waals surface area contributed by atoms with Crippen LogP contribution in [0.5, 0.6) is 11.5 Å². The molecule has 0 atom stereocenters. The second-order valence-corrected chi connectivity index (χ2v) is 5.03. The van der Waals surface area contributed by atoms with E-state index in [0.717, 1.165) is 24.6 Å². The van der Waals surface area contributed by atoms with Crippen molar-refractivity contribution in [2.24, 2.45) is 5.41 Å². The number of hydrogen-bond acceptors (Lipinski definition) is 3. The lowest BCUT2D eigenvalue weighted by molar-refractivity contribution is 0.287. The fourth-order valence-electron chi connectivity index (χ4n) is 2.16. The SMILES string of the molecule is CCC1(CNCCOc2ccccc2OC)CC1. The molecule has 0 spiro atoms. The molecule has 2 rings (SSSR count). The molecule has 100 valence electrons. The number of methoxy groups -OCH3 is 1. The average Bonchev–Trinajstić information content (AvgIpc) is 3.19. The predicted octanol–water partition coefficient (Wildman–Crippen LogP) is 2.85. The lowest BCUT2D eigenvalue weighted by Gasteiger charge is -2.14. The first-order valence-electron chi connectivity index (χ1n) is 6.76. The van der Waals surface area contributed by atoms with E-state index in [2.05, 4.69) is 12.2 Å². The number of benzene rings is 1. The maximum absolute atomic E-state index is 5.71. The maximum Gasteiger partial charge on any atom is 0.161 e. The van der Waals surface area contributed by atoms with Crippen molar-refractivity contribution in [2.45, 2.75) is 26.2 Å². The van der Waals surface area contributed by atoms with Crippen LogP contribution in [0.1, 0.15) is 26.2 Å². The van der Waals surface area contributed by atoms with Gasteiger partial charge in [-0.1, -0.05) is 19.1 Å². The molecule has 1 N–H and O–H groups in total. The number of rotatable bonds is 8. The van der Waals surface area contributed by atoms with Gasteiger partial charge in [0.05, 0.1) is 7.11 Å². The minimum atomic E-state index is 0.602. The van der Waals surface area contributed by atoms with Gasteiger partial charge in [0, 0.05) is 13.1 Å². The van der Waals surface area contributed by atoms with Gasteiger partial charge in [0.2, 0.25) is 0 Å². The molecular weight excluding hydrogens is 226 g/mol. The van der Waals surface area contributed by atoms with E-state index in [-0.39, 0.29) is 0 Å². The highest BCUT2D eigenvalue weighted by Crippen LogP contribution is 2.47. The summed E-state index contributed by atoms with van der Waals surface area (Å²) in [4.78, 5) is 0. The van der Waals surface area contributed by atoms with Gasteiger partial charge in [-0.15, -0.1) is 0 Å². The maximum atomic E-state index is 5.71. The van der Waals surface area contributed by atoms with Gasteiger partial charge in [0.1, 0.15) is 6.61 Å². The van der Waals surface area contributed by atoms with Crippen LogP contribution in [-0.4, -0.2) is 26.8 Å². The molecule has 3 nitrogen and oxygen atoms in total. The number of nitrogens with one attached hydrogen (secondary N) is 1. The zero-order chi connectivity index (χ0) is 12.8. The molecule has 1 saturated carbocycles. The van der Waals surface area contributed by atoms with Crippen LogP contribution in [0.15, 0.2) is 24.3 Å². The average molecular weight is 249 g/mol. The van der Waals surface area contributed by atoms with E-state index in [0.29, 0.717) is 12.0 Å². The van der Waals surface area contributed by atoms with Gasteiger partial charge < -0.3 is 14.8 Å². The Balaban J connectivity index is 1.66. The van der Waals surface area contributed by atoms with Crippen LogP contribution < -0.4 is 14.8 Å². The molecule has 1 fully saturated rings. The monoisotopic (exact) mass is 249 g/mol. The minimum Gasteiger partial charge on any atom is -0.493 e. The molecule has 3 heteroatoms. The summed E-state index contributed by atoms with van der Waals surface area (Å²) in [5.41, 5.74) is 0.602. The van der Waals surface area contributed by atoms with Crippen LogP contribution in [0.3, 0.4) is 0 Å². The van der Waals surface area contributed by atoms with E-state index in [1.165, 1.54) is 19.3 Å². The minimum absolute atomic E-state index is 0.602. The van der Waals surface area contributed by atoms with Crippen molar-refractivity contribution >= 4 is 0 Å². The molecule has 0 unspecified atom stereocenters. The Morgan fingerprint density at radius 3 is 2.56 bits per heavy atom. The Morgan fingerprint density at radius 1 is 1.22 bits per heavy atom. The lowest BCUT2D eigenvalue weighted by atomic mass is 10.0. The summed E-state index contributed by atoms with van der Waals surface area (Å²) in [5, 5.41) is 3.48. The summed E-state index contributed by atoms with van der Waals surface area (Å²) >= 11 is 0. The van der Waals surface area contributed by atoms with Gasteiger partial charge in [-0.2, -0.15) is 0 Å². The molecule has 1 aliphatic carbocycles. The van der Waals surface area contributed by atoms with Crippen LogP contribution >= 0.6 is 0 Å². The molecule has 18 heavy (non-hydrogen) atoms. The number of para-hydroxylation sites is 2. The third kappa shape index (κ3) is 3.39. The van der Waals surface area contributed by atoms with E-state index in [4.69, 9.17) is 9.47 Å². The molecule has 0 heterocycles. The van der Waals surface area contributed by atoms with Crippen molar-refractivity contribution in [1.82, 2.24) is 5.32 Å². The normalized spacial score (nSPS) is 16.3. The number of hydrogen-bond donors (Lipinski definition) is 1. The summed E-state index contributed by atoms with van der Waals surface area (Å²) in [6.45, 7) is 4.97. The lowest BCUT2D eigenvalue weighted by Crippen LogP contribution is -2.27. The molecule has 0 aliphatic heterocycles. The van der Waals surface area contributed by atoms with E-state index >= 15 is 0 Å². The second kappa shape index (κ2) is 6.10. The number of ether oxygens (including phenoxy) is 2. The van der Waals surface area contributed by atoms with Gasteiger partial charge in [0.25, 0.3) is 0 Å². The Hall–Kier alpha value is -1.22. The highest BCUT2D eigenvalue weighted by atomic mass is 16.5. The van der Waals surface area contributed by atoms with E-state index in [1.54, 1.807) is 7.11 Å². The van der Waals surface area contributed by atoms with Crippen molar-refractivity contribution in [1.29, 1.82) is 0 Å². The Labute approximate surface area is 109 Å². The van der Waals surface area contributed by atoms with Crippen molar-refractivity contribution < 1.29 is 9.47 Å². The highest BCUT2D eigenvalue weighted by molar-refractivity contribution is 5.39. The van der Waals surface area contributed by atoms with Crippen molar-refractivity contribution in [3.63, 3.8) is 0 Å². The standard InChI is InChI=1S/C15H23NO2/c1-3-15(8-9-15)12-16-10-11-18-14-7-5-4-6-13(14)17-2/h4-7,16H,3,8-12H2,1-2H3. The summed E-state index contributed by atoms with van der Waals surface area (Å²) in [7, 11) is 1.67. The zero-order valence-corrected chi connectivity index (χ0v) is 11.4. The largest absolute Gasteiger partial charge is 0.493 e. The van der Waals surface area contributed by atoms with Crippen molar-refractivity contribution in [3.8, 4) is 11.5 Å². The Kier molecular flexibility index (Phi) is 4.48.